The number of para-hydroxylation sites is 1. The lowest BCUT2D eigenvalue weighted by molar-refractivity contribution is -0.126. The number of ether oxygens (including phenoxy) is 2. The fourth-order valence-electron chi connectivity index (χ4n) is 3.23. The molecule has 1 heterocycles. The monoisotopic (exact) mass is 377 g/mol. The van der Waals surface area contributed by atoms with Crippen molar-refractivity contribution in [2.24, 2.45) is 0 Å². The second-order valence-electron chi connectivity index (χ2n) is 6.39. The molecule has 144 valence electrons. The summed E-state index contributed by atoms with van der Waals surface area (Å²) < 4.78 is 10.6. The fraction of sp³-hybridized carbons (Fsp3) is 0.273. The fourth-order valence-corrected chi connectivity index (χ4v) is 3.23. The molecule has 2 aromatic carbocycles. The van der Waals surface area contributed by atoms with E-state index in [2.05, 4.69) is 17.0 Å². The van der Waals surface area contributed by atoms with Gasteiger partial charge >= 0.3 is 0 Å². The highest BCUT2D eigenvalue weighted by Crippen LogP contribution is 2.26. The first-order chi connectivity index (χ1) is 13.7. The maximum atomic E-state index is 12.9. The van der Waals surface area contributed by atoms with Gasteiger partial charge in [0, 0.05) is 37.4 Å². The van der Waals surface area contributed by atoms with Gasteiger partial charge in [0.2, 0.25) is 0 Å². The molecule has 0 unspecified atom stereocenters. The van der Waals surface area contributed by atoms with Crippen molar-refractivity contribution >= 4 is 17.7 Å². The molecule has 28 heavy (non-hydrogen) atoms. The molecule has 0 aliphatic carbocycles. The van der Waals surface area contributed by atoms with E-state index in [1.165, 1.54) is 0 Å². The topological polar surface area (TPSA) is 65.8 Å². The third-order valence-electron chi connectivity index (χ3n) is 4.78. The Labute approximate surface area is 165 Å². The minimum absolute atomic E-state index is 0.0831. The molecule has 0 spiro atoms. The summed E-state index contributed by atoms with van der Waals surface area (Å²) in [5, 5.41) is 9.56. The van der Waals surface area contributed by atoms with Crippen LogP contribution in [0.2, 0.25) is 0 Å². The molecule has 1 aliphatic heterocycles. The van der Waals surface area contributed by atoms with Gasteiger partial charge < -0.3 is 19.3 Å². The molecule has 3 rings (SSSR count). The van der Waals surface area contributed by atoms with Crippen LogP contribution in [-0.2, 0) is 4.79 Å². The molecule has 2 aromatic rings. The third-order valence-corrected chi connectivity index (χ3v) is 4.78. The Bertz CT molecular complexity index is 895. The van der Waals surface area contributed by atoms with Crippen molar-refractivity contribution < 1.29 is 14.3 Å². The molecule has 6 heteroatoms. The smallest absolute Gasteiger partial charge is 0.264 e. The van der Waals surface area contributed by atoms with Crippen LogP contribution in [0.25, 0.3) is 6.08 Å². The van der Waals surface area contributed by atoms with Crippen molar-refractivity contribution in [2.75, 3.05) is 45.3 Å². The predicted molar refractivity (Wildman–Crippen MR) is 108 cm³/mol. The minimum Gasteiger partial charge on any atom is -0.497 e. The van der Waals surface area contributed by atoms with Gasteiger partial charge in [0.1, 0.15) is 23.1 Å². The molecule has 1 amide bonds. The number of rotatable bonds is 5. The molecular weight excluding hydrogens is 354 g/mol. The number of nitriles is 1. The molecule has 0 N–H and O–H groups in total. The van der Waals surface area contributed by atoms with Gasteiger partial charge in [-0.2, -0.15) is 5.26 Å². The van der Waals surface area contributed by atoms with Gasteiger partial charge in [-0.3, -0.25) is 4.79 Å². The lowest BCUT2D eigenvalue weighted by Gasteiger charge is -2.36. The Balaban J connectivity index is 1.74. The van der Waals surface area contributed by atoms with Crippen LogP contribution in [0.3, 0.4) is 0 Å². The second-order valence-corrected chi connectivity index (χ2v) is 6.39. The zero-order valence-electron chi connectivity index (χ0n) is 16.1. The van der Waals surface area contributed by atoms with E-state index in [0.717, 1.165) is 18.8 Å². The quantitative estimate of drug-likeness (QED) is 0.592. The number of anilines is 1. The van der Waals surface area contributed by atoms with E-state index >= 15 is 0 Å². The summed E-state index contributed by atoms with van der Waals surface area (Å²) in [5.41, 5.74) is 1.86. The standard InChI is InChI=1S/C22H23N3O3/c1-27-20-8-9-21(28-2)17(15-20)14-18(16-23)22(26)25-12-10-24(11-13-25)19-6-4-3-5-7-19/h3-9,14-15H,10-13H2,1-2H3/b18-14-. The number of hydrogen-bond acceptors (Lipinski definition) is 5. The lowest BCUT2D eigenvalue weighted by Crippen LogP contribution is -2.49. The van der Waals surface area contributed by atoms with Crippen LogP contribution >= 0.6 is 0 Å². The number of amides is 1. The van der Waals surface area contributed by atoms with Crippen LogP contribution in [0.5, 0.6) is 11.5 Å². The van der Waals surface area contributed by atoms with Gasteiger partial charge in [0.15, 0.2) is 0 Å². The Morgan fingerprint density at radius 3 is 2.36 bits per heavy atom. The van der Waals surface area contributed by atoms with Crippen molar-refractivity contribution in [1.82, 2.24) is 4.90 Å². The number of methoxy groups -OCH3 is 2. The minimum atomic E-state index is -0.264. The molecule has 0 saturated carbocycles. The summed E-state index contributed by atoms with van der Waals surface area (Å²) in [5.74, 6) is 0.948. The Hall–Kier alpha value is -3.46. The maximum absolute atomic E-state index is 12.9. The van der Waals surface area contributed by atoms with E-state index in [1.807, 2.05) is 24.3 Å². The van der Waals surface area contributed by atoms with Crippen molar-refractivity contribution in [3.05, 3.63) is 59.7 Å². The molecule has 6 nitrogen and oxygen atoms in total. The van der Waals surface area contributed by atoms with Gasteiger partial charge in [0.05, 0.1) is 14.2 Å². The van der Waals surface area contributed by atoms with Crippen molar-refractivity contribution in [3.8, 4) is 17.6 Å². The largest absolute Gasteiger partial charge is 0.497 e. The summed E-state index contributed by atoms with van der Waals surface area (Å²) in [4.78, 5) is 16.8. The summed E-state index contributed by atoms with van der Waals surface area (Å²) in [6.45, 7) is 2.61. The SMILES string of the molecule is COc1ccc(OC)c(/C=C(/C#N)C(=O)N2CCN(c3ccccc3)CC2)c1. The first kappa shape index (κ1) is 19.3. The number of carbonyl (C=O) groups excluding carboxylic acids is 1. The van der Waals surface area contributed by atoms with Gasteiger partial charge in [-0.25, -0.2) is 0 Å². The van der Waals surface area contributed by atoms with E-state index in [1.54, 1.807) is 43.4 Å². The first-order valence-corrected chi connectivity index (χ1v) is 9.09. The number of nitrogens with zero attached hydrogens (tertiary/aromatic N) is 3. The highest BCUT2D eigenvalue weighted by atomic mass is 16.5. The zero-order valence-corrected chi connectivity index (χ0v) is 16.1. The Morgan fingerprint density at radius 1 is 1.04 bits per heavy atom. The molecule has 0 radical (unpaired) electrons. The number of carbonyl (C=O) groups is 1. The molecule has 1 saturated heterocycles. The van der Waals surface area contributed by atoms with Gasteiger partial charge in [-0.1, -0.05) is 18.2 Å². The van der Waals surface area contributed by atoms with Crippen molar-refractivity contribution in [1.29, 1.82) is 5.26 Å². The molecule has 0 bridgehead atoms. The van der Waals surface area contributed by atoms with Crippen molar-refractivity contribution in [2.45, 2.75) is 0 Å². The lowest BCUT2D eigenvalue weighted by atomic mass is 10.1. The van der Waals surface area contributed by atoms with Crippen molar-refractivity contribution in [3.63, 3.8) is 0 Å². The van der Waals surface area contributed by atoms with Crippen LogP contribution in [0, 0.1) is 11.3 Å². The summed E-state index contributed by atoms with van der Waals surface area (Å²) in [7, 11) is 3.12. The highest BCUT2D eigenvalue weighted by molar-refractivity contribution is 6.02. The van der Waals surface area contributed by atoms with E-state index in [-0.39, 0.29) is 11.5 Å². The predicted octanol–water partition coefficient (Wildman–Crippen LogP) is 2.96. The number of benzene rings is 2. The average Bonchev–Trinajstić information content (AvgIpc) is 2.77. The Kier molecular flexibility index (Phi) is 6.18. The second kappa shape index (κ2) is 8.96. The van der Waals surface area contributed by atoms with Crippen LogP contribution in [0.1, 0.15) is 5.56 Å². The average molecular weight is 377 g/mol. The molecule has 1 aliphatic rings. The highest BCUT2D eigenvalue weighted by Gasteiger charge is 2.24. The normalized spacial score (nSPS) is 14.4. The Morgan fingerprint density at radius 2 is 1.75 bits per heavy atom. The number of hydrogen-bond donors (Lipinski definition) is 0. The molecule has 1 fully saturated rings. The first-order valence-electron chi connectivity index (χ1n) is 9.09. The van der Waals surface area contributed by atoms with Crippen LogP contribution in [0.15, 0.2) is 54.1 Å². The maximum Gasteiger partial charge on any atom is 0.264 e. The summed E-state index contributed by atoms with van der Waals surface area (Å²) in [6.07, 6.45) is 1.56. The van der Waals surface area contributed by atoms with Crippen LogP contribution in [-0.4, -0.2) is 51.2 Å². The van der Waals surface area contributed by atoms with Crippen LogP contribution in [0.4, 0.5) is 5.69 Å². The summed E-state index contributed by atoms with van der Waals surface area (Å²) >= 11 is 0. The van der Waals surface area contributed by atoms with Gasteiger partial charge in [-0.15, -0.1) is 0 Å². The van der Waals surface area contributed by atoms with E-state index in [0.29, 0.717) is 30.2 Å². The van der Waals surface area contributed by atoms with E-state index < -0.39 is 0 Å². The molecular formula is C22H23N3O3. The van der Waals surface area contributed by atoms with Gasteiger partial charge in [-0.05, 0) is 36.4 Å². The number of piperazine rings is 1. The zero-order chi connectivity index (χ0) is 19.9. The third kappa shape index (κ3) is 4.26. The van der Waals surface area contributed by atoms with Gasteiger partial charge in [0.25, 0.3) is 5.91 Å². The molecule has 0 atom stereocenters. The molecule has 0 aromatic heterocycles. The van der Waals surface area contributed by atoms with Crippen LogP contribution < -0.4 is 14.4 Å². The van der Waals surface area contributed by atoms with E-state index in [4.69, 9.17) is 9.47 Å². The summed E-state index contributed by atoms with van der Waals surface area (Å²) in [6, 6.07) is 17.4. The van der Waals surface area contributed by atoms with E-state index in [9.17, 15) is 10.1 Å².